The Morgan fingerprint density at radius 2 is 1.94 bits per heavy atom. The number of nitrogens with one attached hydrogen (secondary N) is 1. The fourth-order valence-electron chi connectivity index (χ4n) is 3.71. The highest BCUT2D eigenvalue weighted by Gasteiger charge is 2.21. The van der Waals surface area contributed by atoms with Crippen molar-refractivity contribution in [1.82, 2.24) is 10.1 Å². The summed E-state index contributed by atoms with van der Waals surface area (Å²) in [5.41, 5.74) is 4.90. The monoisotopic (exact) mass is 435 g/mol. The third kappa shape index (κ3) is 5.36. The summed E-state index contributed by atoms with van der Waals surface area (Å²) in [5, 5.41) is 6.94. The first-order valence-corrected chi connectivity index (χ1v) is 10.8. The van der Waals surface area contributed by atoms with Crippen LogP contribution in [0.2, 0.25) is 0 Å². The Labute approximate surface area is 188 Å². The number of hydrogen-bond acceptors (Lipinski definition) is 6. The van der Waals surface area contributed by atoms with E-state index in [-0.39, 0.29) is 18.2 Å². The van der Waals surface area contributed by atoms with Gasteiger partial charge in [-0.1, -0.05) is 29.4 Å². The maximum Gasteiger partial charge on any atom is 0.278 e. The SMILES string of the molecule is Cc1ccc(C)c(OCc2c(C(=O)Nc3cccc(CN4CCOCC4)c3)noc2C)c1. The molecular formula is C25H29N3O4. The summed E-state index contributed by atoms with van der Waals surface area (Å²) in [6.07, 6.45) is 0. The van der Waals surface area contributed by atoms with Crippen LogP contribution in [-0.4, -0.2) is 42.3 Å². The molecule has 1 N–H and O–H groups in total. The Bertz CT molecular complexity index is 1090. The van der Waals surface area contributed by atoms with Gasteiger partial charge in [0.15, 0.2) is 5.69 Å². The molecule has 2 heterocycles. The van der Waals surface area contributed by atoms with Crippen molar-refractivity contribution in [3.05, 3.63) is 76.2 Å². The number of rotatable bonds is 7. The predicted octanol–water partition coefficient (Wildman–Crippen LogP) is 4.26. The van der Waals surface area contributed by atoms with Crippen LogP contribution >= 0.6 is 0 Å². The lowest BCUT2D eigenvalue weighted by Crippen LogP contribution is -2.35. The molecule has 7 nitrogen and oxygen atoms in total. The number of carbonyl (C=O) groups is 1. The van der Waals surface area contributed by atoms with E-state index in [0.29, 0.717) is 11.3 Å². The molecule has 1 saturated heterocycles. The van der Waals surface area contributed by atoms with Crippen LogP contribution in [0.1, 0.15) is 38.5 Å². The molecule has 0 unspecified atom stereocenters. The largest absolute Gasteiger partial charge is 0.488 e. The van der Waals surface area contributed by atoms with Gasteiger partial charge in [0.05, 0.1) is 18.8 Å². The Hall–Kier alpha value is -3.16. The Morgan fingerprint density at radius 1 is 1.12 bits per heavy atom. The van der Waals surface area contributed by atoms with E-state index >= 15 is 0 Å². The van der Waals surface area contributed by atoms with Crippen LogP contribution in [0.15, 0.2) is 47.0 Å². The first kappa shape index (κ1) is 22.0. The van der Waals surface area contributed by atoms with E-state index in [1.54, 1.807) is 6.92 Å². The number of carbonyl (C=O) groups excluding carboxylic acids is 1. The molecule has 3 aromatic rings. The van der Waals surface area contributed by atoms with Crippen LogP contribution < -0.4 is 10.1 Å². The minimum atomic E-state index is -0.315. The van der Waals surface area contributed by atoms with E-state index in [0.717, 1.165) is 61.0 Å². The number of aromatic nitrogens is 1. The maximum absolute atomic E-state index is 13.0. The van der Waals surface area contributed by atoms with Crippen molar-refractivity contribution in [3.8, 4) is 5.75 Å². The number of aryl methyl sites for hydroxylation is 3. The molecule has 0 radical (unpaired) electrons. The summed E-state index contributed by atoms with van der Waals surface area (Å²) in [4.78, 5) is 15.3. The Kier molecular flexibility index (Phi) is 6.87. The van der Waals surface area contributed by atoms with E-state index in [4.69, 9.17) is 14.0 Å². The van der Waals surface area contributed by atoms with E-state index in [1.165, 1.54) is 0 Å². The topological polar surface area (TPSA) is 76.8 Å². The second-order valence-corrected chi connectivity index (χ2v) is 8.17. The summed E-state index contributed by atoms with van der Waals surface area (Å²) < 4.78 is 16.7. The van der Waals surface area contributed by atoms with Crippen LogP contribution in [0.25, 0.3) is 0 Å². The van der Waals surface area contributed by atoms with Crippen molar-refractivity contribution >= 4 is 11.6 Å². The van der Waals surface area contributed by atoms with Crippen molar-refractivity contribution in [1.29, 1.82) is 0 Å². The highest BCUT2D eigenvalue weighted by Crippen LogP contribution is 2.23. The van der Waals surface area contributed by atoms with Crippen LogP contribution in [0.4, 0.5) is 5.69 Å². The molecule has 1 aliphatic rings. The number of amides is 1. The molecule has 1 aromatic heterocycles. The van der Waals surface area contributed by atoms with Crippen LogP contribution in [0, 0.1) is 20.8 Å². The number of nitrogens with zero attached hydrogens (tertiary/aromatic N) is 2. The third-order valence-electron chi connectivity index (χ3n) is 5.61. The summed E-state index contributed by atoms with van der Waals surface area (Å²) in [7, 11) is 0. The molecule has 168 valence electrons. The zero-order chi connectivity index (χ0) is 22.5. The fraction of sp³-hybridized carbons (Fsp3) is 0.360. The molecule has 4 rings (SSSR count). The third-order valence-corrected chi connectivity index (χ3v) is 5.61. The Balaban J connectivity index is 1.44. The molecule has 0 atom stereocenters. The maximum atomic E-state index is 13.0. The molecule has 0 aliphatic carbocycles. The number of anilines is 1. The van der Waals surface area contributed by atoms with E-state index in [2.05, 4.69) is 21.4 Å². The fourth-order valence-corrected chi connectivity index (χ4v) is 3.71. The van der Waals surface area contributed by atoms with Crippen LogP contribution in [-0.2, 0) is 17.9 Å². The minimum Gasteiger partial charge on any atom is -0.488 e. The van der Waals surface area contributed by atoms with Crippen molar-refractivity contribution in [2.24, 2.45) is 0 Å². The van der Waals surface area contributed by atoms with E-state index < -0.39 is 0 Å². The van der Waals surface area contributed by atoms with Crippen molar-refractivity contribution in [3.63, 3.8) is 0 Å². The molecule has 2 aromatic carbocycles. The van der Waals surface area contributed by atoms with E-state index in [1.807, 2.05) is 50.2 Å². The second kappa shape index (κ2) is 9.97. The van der Waals surface area contributed by atoms with Gasteiger partial charge in [0.25, 0.3) is 5.91 Å². The molecule has 7 heteroatoms. The van der Waals surface area contributed by atoms with Gasteiger partial charge in [-0.05, 0) is 55.7 Å². The van der Waals surface area contributed by atoms with Gasteiger partial charge in [0.2, 0.25) is 0 Å². The normalized spacial score (nSPS) is 14.3. The highest BCUT2D eigenvalue weighted by molar-refractivity contribution is 6.03. The average Bonchev–Trinajstić information content (AvgIpc) is 3.16. The zero-order valence-corrected chi connectivity index (χ0v) is 18.8. The second-order valence-electron chi connectivity index (χ2n) is 8.17. The lowest BCUT2D eigenvalue weighted by molar-refractivity contribution is 0.0342. The smallest absolute Gasteiger partial charge is 0.278 e. The molecule has 0 spiro atoms. The van der Waals surface area contributed by atoms with Crippen LogP contribution in [0.5, 0.6) is 5.75 Å². The molecule has 32 heavy (non-hydrogen) atoms. The molecular weight excluding hydrogens is 406 g/mol. The number of hydrogen-bond donors (Lipinski definition) is 1. The zero-order valence-electron chi connectivity index (χ0n) is 18.8. The van der Waals surface area contributed by atoms with Crippen LogP contribution in [0.3, 0.4) is 0 Å². The standard InChI is InChI=1S/C25H29N3O4/c1-17-7-8-18(2)23(13-17)31-16-22-19(3)32-27-24(22)25(29)26-21-6-4-5-20(14-21)15-28-9-11-30-12-10-28/h4-8,13-14H,9-12,15-16H2,1-3H3,(H,26,29). The lowest BCUT2D eigenvalue weighted by atomic mass is 10.1. The van der Waals surface area contributed by atoms with Gasteiger partial charge in [-0.2, -0.15) is 0 Å². The molecule has 1 fully saturated rings. The first-order valence-electron chi connectivity index (χ1n) is 10.8. The molecule has 0 saturated carbocycles. The van der Waals surface area contributed by atoms with Crippen molar-refractivity contribution < 1.29 is 18.8 Å². The van der Waals surface area contributed by atoms with Gasteiger partial charge in [-0.15, -0.1) is 0 Å². The molecule has 0 bridgehead atoms. The average molecular weight is 436 g/mol. The van der Waals surface area contributed by atoms with Gasteiger partial charge in [-0.25, -0.2) is 0 Å². The highest BCUT2D eigenvalue weighted by atomic mass is 16.5. The minimum absolute atomic E-state index is 0.208. The number of morpholine rings is 1. The van der Waals surface area contributed by atoms with Gasteiger partial charge in [0.1, 0.15) is 18.1 Å². The summed E-state index contributed by atoms with van der Waals surface area (Å²) in [6, 6.07) is 13.9. The van der Waals surface area contributed by atoms with Gasteiger partial charge in [-0.3, -0.25) is 9.69 Å². The van der Waals surface area contributed by atoms with E-state index in [9.17, 15) is 4.79 Å². The van der Waals surface area contributed by atoms with Gasteiger partial charge in [0, 0.05) is 25.3 Å². The lowest BCUT2D eigenvalue weighted by Gasteiger charge is -2.26. The summed E-state index contributed by atoms with van der Waals surface area (Å²) >= 11 is 0. The van der Waals surface area contributed by atoms with Crippen molar-refractivity contribution in [2.75, 3.05) is 31.6 Å². The van der Waals surface area contributed by atoms with Gasteiger partial charge >= 0.3 is 0 Å². The van der Waals surface area contributed by atoms with Gasteiger partial charge < -0.3 is 19.3 Å². The summed E-state index contributed by atoms with van der Waals surface area (Å²) in [5.74, 6) is 1.04. The summed E-state index contributed by atoms with van der Waals surface area (Å²) in [6.45, 7) is 10.2. The first-order chi connectivity index (χ1) is 15.5. The Morgan fingerprint density at radius 3 is 2.75 bits per heavy atom. The number of ether oxygens (including phenoxy) is 2. The molecule has 1 aliphatic heterocycles. The quantitative estimate of drug-likeness (QED) is 0.598. The van der Waals surface area contributed by atoms with Crippen molar-refractivity contribution in [2.45, 2.75) is 33.9 Å². The predicted molar refractivity (Wildman–Crippen MR) is 122 cm³/mol. The molecule has 1 amide bonds. The number of benzene rings is 2.